The van der Waals surface area contributed by atoms with Gasteiger partial charge < -0.3 is 9.15 Å². The van der Waals surface area contributed by atoms with Gasteiger partial charge in [-0.1, -0.05) is 24.3 Å². The summed E-state index contributed by atoms with van der Waals surface area (Å²) >= 11 is 3.35. The SMILES string of the molecule is COc1ccc2nc3c4ccccc4c(=O)c(Br)c-3oc2c1. The molecule has 2 aromatic carbocycles. The Hall–Kier alpha value is -2.40. The molecule has 5 heteroatoms. The van der Waals surface area contributed by atoms with Crippen LogP contribution in [0.5, 0.6) is 5.75 Å². The Morgan fingerprint density at radius 3 is 2.68 bits per heavy atom. The van der Waals surface area contributed by atoms with Crippen LogP contribution in [0, 0.1) is 0 Å². The van der Waals surface area contributed by atoms with Crippen molar-refractivity contribution in [2.45, 2.75) is 0 Å². The van der Waals surface area contributed by atoms with Crippen LogP contribution in [0.25, 0.3) is 33.3 Å². The molecule has 0 spiro atoms. The standard InChI is InChI=1S/C17H10BrNO3/c1-21-9-6-7-12-13(8-9)22-17-14(18)16(20)11-5-3-2-4-10(11)15(17)19-12/h2-8H,1H3. The highest BCUT2D eigenvalue weighted by atomic mass is 79.9. The summed E-state index contributed by atoms with van der Waals surface area (Å²) in [6, 6.07) is 12.8. The fraction of sp³-hybridized carbons (Fsp3) is 0.0588. The number of hydrogen-bond acceptors (Lipinski definition) is 4. The first-order valence-corrected chi connectivity index (χ1v) is 7.47. The van der Waals surface area contributed by atoms with Gasteiger partial charge in [-0.25, -0.2) is 4.98 Å². The van der Waals surface area contributed by atoms with Gasteiger partial charge >= 0.3 is 0 Å². The quantitative estimate of drug-likeness (QED) is 0.379. The molecular weight excluding hydrogens is 346 g/mol. The molecule has 0 atom stereocenters. The van der Waals surface area contributed by atoms with Crippen molar-refractivity contribution in [3.05, 3.63) is 57.2 Å². The maximum absolute atomic E-state index is 12.4. The zero-order valence-electron chi connectivity index (χ0n) is 11.6. The Labute approximate surface area is 133 Å². The van der Waals surface area contributed by atoms with E-state index in [0.29, 0.717) is 38.2 Å². The van der Waals surface area contributed by atoms with Crippen LogP contribution in [-0.4, -0.2) is 12.1 Å². The first-order valence-electron chi connectivity index (χ1n) is 6.68. The van der Waals surface area contributed by atoms with Crippen LogP contribution in [0.2, 0.25) is 0 Å². The van der Waals surface area contributed by atoms with Gasteiger partial charge in [0.15, 0.2) is 11.3 Å². The lowest BCUT2D eigenvalue weighted by Gasteiger charge is -2.11. The van der Waals surface area contributed by atoms with E-state index in [-0.39, 0.29) is 5.43 Å². The number of benzene rings is 3. The molecule has 0 saturated carbocycles. The van der Waals surface area contributed by atoms with Crippen molar-refractivity contribution < 1.29 is 9.15 Å². The van der Waals surface area contributed by atoms with Crippen molar-refractivity contribution in [3.8, 4) is 17.2 Å². The van der Waals surface area contributed by atoms with E-state index in [1.807, 2.05) is 30.3 Å². The minimum absolute atomic E-state index is 0.101. The van der Waals surface area contributed by atoms with Crippen molar-refractivity contribution in [1.29, 1.82) is 0 Å². The summed E-state index contributed by atoms with van der Waals surface area (Å²) in [7, 11) is 1.59. The zero-order valence-corrected chi connectivity index (χ0v) is 13.2. The molecule has 1 heterocycles. The lowest BCUT2D eigenvalue weighted by Crippen LogP contribution is -2.07. The van der Waals surface area contributed by atoms with Crippen molar-refractivity contribution in [3.63, 3.8) is 0 Å². The van der Waals surface area contributed by atoms with Crippen molar-refractivity contribution in [2.75, 3.05) is 7.11 Å². The molecule has 0 fully saturated rings. The lowest BCUT2D eigenvalue weighted by atomic mass is 10.0. The summed E-state index contributed by atoms with van der Waals surface area (Å²) in [4.78, 5) is 17.1. The second-order valence-electron chi connectivity index (χ2n) is 4.91. The summed E-state index contributed by atoms with van der Waals surface area (Å²) < 4.78 is 11.5. The summed E-state index contributed by atoms with van der Waals surface area (Å²) in [6.07, 6.45) is 0. The number of aromatic nitrogens is 1. The average Bonchev–Trinajstić information content (AvgIpc) is 2.58. The minimum atomic E-state index is -0.101. The predicted octanol–water partition coefficient (Wildman–Crippen LogP) is 4.22. The number of halogens is 1. The van der Waals surface area contributed by atoms with E-state index in [0.717, 1.165) is 5.39 Å². The van der Waals surface area contributed by atoms with Crippen molar-refractivity contribution in [2.24, 2.45) is 0 Å². The molecule has 4 nitrogen and oxygen atoms in total. The normalized spacial score (nSPS) is 11.4. The molecule has 0 aromatic heterocycles. The topological polar surface area (TPSA) is 52.3 Å². The largest absolute Gasteiger partial charge is 0.497 e. The van der Waals surface area contributed by atoms with Gasteiger partial charge in [0.05, 0.1) is 7.11 Å². The molecule has 22 heavy (non-hydrogen) atoms. The molecule has 0 amide bonds. The molecule has 1 aliphatic heterocycles. The van der Waals surface area contributed by atoms with E-state index in [1.54, 1.807) is 19.2 Å². The molecular formula is C17H10BrNO3. The fourth-order valence-electron chi connectivity index (χ4n) is 2.57. The van der Waals surface area contributed by atoms with Gasteiger partial charge in [0, 0.05) is 16.8 Å². The summed E-state index contributed by atoms with van der Waals surface area (Å²) in [6.45, 7) is 0. The molecule has 0 unspecified atom stereocenters. The van der Waals surface area contributed by atoms with E-state index in [1.165, 1.54) is 0 Å². The molecule has 1 aliphatic carbocycles. The zero-order chi connectivity index (χ0) is 15.3. The molecule has 0 saturated heterocycles. The Morgan fingerprint density at radius 1 is 1.14 bits per heavy atom. The van der Waals surface area contributed by atoms with Crippen LogP contribution in [0.4, 0.5) is 0 Å². The van der Waals surface area contributed by atoms with Crippen molar-refractivity contribution >= 4 is 37.8 Å². The van der Waals surface area contributed by atoms with Gasteiger partial charge in [0.2, 0.25) is 5.43 Å². The van der Waals surface area contributed by atoms with Crippen LogP contribution in [0.1, 0.15) is 0 Å². The van der Waals surface area contributed by atoms with Crippen LogP contribution in [0.15, 0.2) is 56.1 Å². The highest BCUT2D eigenvalue weighted by Gasteiger charge is 2.20. The predicted molar refractivity (Wildman–Crippen MR) is 88.7 cm³/mol. The van der Waals surface area contributed by atoms with Crippen LogP contribution < -0.4 is 10.2 Å². The molecule has 0 bridgehead atoms. The Kier molecular flexibility index (Phi) is 2.90. The number of rotatable bonds is 1. The third-order valence-electron chi connectivity index (χ3n) is 3.65. The Bertz CT molecular complexity index is 1050. The number of nitrogens with zero attached hydrogens (tertiary/aromatic N) is 1. The Morgan fingerprint density at radius 2 is 1.91 bits per heavy atom. The van der Waals surface area contributed by atoms with Gasteiger partial charge in [-0.05, 0) is 28.1 Å². The average molecular weight is 356 g/mol. The molecule has 2 aliphatic rings. The molecule has 0 radical (unpaired) electrons. The first kappa shape index (κ1) is 13.3. The fourth-order valence-corrected chi connectivity index (χ4v) is 3.05. The Balaban J connectivity index is 2.23. The van der Waals surface area contributed by atoms with E-state index in [9.17, 15) is 4.79 Å². The van der Waals surface area contributed by atoms with Gasteiger partial charge in [0.1, 0.15) is 21.4 Å². The summed E-state index contributed by atoms with van der Waals surface area (Å²) in [5.41, 5.74) is 1.85. The summed E-state index contributed by atoms with van der Waals surface area (Å²) in [5.74, 6) is 1.13. The van der Waals surface area contributed by atoms with E-state index in [2.05, 4.69) is 20.9 Å². The number of hydrogen-bond donors (Lipinski definition) is 0. The lowest BCUT2D eigenvalue weighted by molar-refractivity contribution is 0.414. The highest BCUT2D eigenvalue weighted by molar-refractivity contribution is 9.10. The second kappa shape index (κ2) is 4.81. The van der Waals surface area contributed by atoms with E-state index in [4.69, 9.17) is 9.15 Å². The van der Waals surface area contributed by atoms with Gasteiger partial charge in [-0.3, -0.25) is 4.79 Å². The van der Waals surface area contributed by atoms with Crippen LogP contribution in [0.3, 0.4) is 0 Å². The van der Waals surface area contributed by atoms with E-state index < -0.39 is 0 Å². The van der Waals surface area contributed by atoms with Crippen molar-refractivity contribution in [1.82, 2.24) is 4.98 Å². The van der Waals surface area contributed by atoms with Gasteiger partial charge in [0.25, 0.3) is 0 Å². The third kappa shape index (κ3) is 1.82. The number of methoxy groups -OCH3 is 1. The molecule has 0 N–H and O–H groups in total. The number of ether oxygens (including phenoxy) is 1. The second-order valence-corrected chi connectivity index (χ2v) is 5.71. The van der Waals surface area contributed by atoms with Crippen LogP contribution in [-0.2, 0) is 0 Å². The number of fused-ring (bicyclic) bond motifs is 4. The third-order valence-corrected chi connectivity index (χ3v) is 4.37. The van der Waals surface area contributed by atoms with Crippen LogP contribution >= 0.6 is 15.9 Å². The molecule has 4 rings (SSSR count). The minimum Gasteiger partial charge on any atom is -0.497 e. The maximum Gasteiger partial charge on any atom is 0.204 e. The summed E-state index contributed by atoms with van der Waals surface area (Å²) in [5, 5.41) is 1.41. The maximum atomic E-state index is 12.4. The van der Waals surface area contributed by atoms with E-state index >= 15 is 0 Å². The monoisotopic (exact) mass is 355 g/mol. The smallest absolute Gasteiger partial charge is 0.204 e. The first-order chi connectivity index (χ1) is 10.7. The van der Waals surface area contributed by atoms with Gasteiger partial charge in [-0.2, -0.15) is 0 Å². The molecule has 108 valence electrons. The molecule has 2 aromatic rings. The highest BCUT2D eigenvalue weighted by Crippen LogP contribution is 2.35. The van der Waals surface area contributed by atoms with Gasteiger partial charge in [-0.15, -0.1) is 0 Å².